The van der Waals surface area contributed by atoms with Crippen molar-refractivity contribution >= 4 is 11.9 Å². The van der Waals surface area contributed by atoms with Crippen LogP contribution in [0.5, 0.6) is 11.5 Å². The molecule has 3 N–H and O–H groups in total. The maximum atomic E-state index is 13.1. The number of benzene rings is 5. The van der Waals surface area contributed by atoms with Crippen LogP contribution in [0.1, 0.15) is 71.2 Å². The molecule has 1 aromatic heterocycles. The summed E-state index contributed by atoms with van der Waals surface area (Å²) >= 11 is 0. The van der Waals surface area contributed by atoms with Crippen LogP contribution in [0.4, 0.5) is 0 Å². The van der Waals surface area contributed by atoms with Gasteiger partial charge < -0.3 is 34.1 Å². The molecule has 65 heavy (non-hydrogen) atoms. The Morgan fingerprint density at radius 2 is 1.37 bits per heavy atom. The molecule has 0 saturated carbocycles. The first-order valence-electron chi connectivity index (χ1n) is 21.5. The van der Waals surface area contributed by atoms with E-state index in [-0.39, 0.29) is 68.8 Å². The number of esters is 1. The molecular formula is C52H49N3O10. The Labute approximate surface area is 375 Å². The fraction of sp³-hybridized carbons (Fsp3) is 0.269. The van der Waals surface area contributed by atoms with Crippen LogP contribution in [0.3, 0.4) is 0 Å². The zero-order chi connectivity index (χ0) is 45.3. The van der Waals surface area contributed by atoms with Crippen molar-refractivity contribution in [2.45, 2.75) is 55.6 Å². The lowest BCUT2D eigenvalue weighted by atomic mass is 9.80. The summed E-state index contributed by atoms with van der Waals surface area (Å²) < 4.78 is 30.9. The van der Waals surface area contributed by atoms with E-state index in [1.54, 1.807) is 14.2 Å². The minimum Gasteiger partial charge on any atom is -0.497 e. The number of rotatable bonds is 16. The highest BCUT2D eigenvalue weighted by atomic mass is 16.6. The van der Waals surface area contributed by atoms with Crippen LogP contribution in [-0.4, -0.2) is 72.7 Å². The van der Waals surface area contributed by atoms with Crippen LogP contribution in [0, 0.1) is 11.8 Å². The van der Waals surface area contributed by atoms with Crippen molar-refractivity contribution in [1.82, 2.24) is 14.9 Å². The van der Waals surface area contributed by atoms with E-state index in [0.29, 0.717) is 11.5 Å². The van der Waals surface area contributed by atoms with E-state index in [0.717, 1.165) is 38.9 Å². The van der Waals surface area contributed by atoms with Crippen molar-refractivity contribution in [2.24, 2.45) is 0 Å². The Morgan fingerprint density at radius 3 is 1.98 bits per heavy atom. The van der Waals surface area contributed by atoms with Gasteiger partial charge in [-0.15, -0.1) is 0 Å². The second-order valence-electron chi connectivity index (χ2n) is 15.8. The number of fused-ring (bicyclic) bond motifs is 3. The van der Waals surface area contributed by atoms with Gasteiger partial charge in [-0.3, -0.25) is 23.9 Å². The quantitative estimate of drug-likeness (QED) is 0.0579. The second kappa shape index (κ2) is 20.1. The molecule has 1 fully saturated rings. The van der Waals surface area contributed by atoms with E-state index in [2.05, 4.69) is 46.4 Å². The number of nitrogens with one attached hydrogen (secondary N) is 2. The molecule has 0 spiro atoms. The summed E-state index contributed by atoms with van der Waals surface area (Å²) in [5, 5.41) is 14.0. The van der Waals surface area contributed by atoms with Gasteiger partial charge in [-0.1, -0.05) is 115 Å². The number of ether oxygens (including phenoxy) is 5. The van der Waals surface area contributed by atoms with Gasteiger partial charge in [-0.05, 0) is 69.6 Å². The SMILES string of the molecule is COc1ccc(C(OC[C@H]2O[C@@H](n3cc(C#CCNC(=O)CCCC(=O)OCC4c5ccccc5-c5ccccc54)c(=O)[nH]c3=O)CC2O)(c2ccccc2)c2ccc(OC)cc2)cc1. The third kappa shape index (κ3) is 9.66. The molecule has 2 aliphatic rings. The summed E-state index contributed by atoms with van der Waals surface area (Å²) in [6.45, 7) is 0.0579. The number of carbonyl (C=O) groups is 2. The Kier molecular flexibility index (Phi) is 13.7. The van der Waals surface area contributed by atoms with Crippen LogP contribution >= 0.6 is 0 Å². The number of amides is 1. The third-order valence-electron chi connectivity index (χ3n) is 11.9. The van der Waals surface area contributed by atoms with Crippen molar-refractivity contribution in [3.8, 4) is 34.5 Å². The number of aliphatic hydroxyl groups excluding tert-OH is 1. The van der Waals surface area contributed by atoms with E-state index >= 15 is 0 Å². The number of methoxy groups -OCH3 is 2. The molecule has 3 atom stereocenters. The normalized spacial score (nSPS) is 16.4. The molecule has 13 nitrogen and oxygen atoms in total. The largest absolute Gasteiger partial charge is 0.497 e. The molecule has 5 aromatic carbocycles. The average Bonchev–Trinajstić information content (AvgIpc) is 3.87. The lowest BCUT2D eigenvalue weighted by molar-refractivity contribution is -0.144. The molecule has 1 unspecified atom stereocenters. The molecule has 332 valence electrons. The highest BCUT2D eigenvalue weighted by Gasteiger charge is 2.42. The van der Waals surface area contributed by atoms with Gasteiger partial charge in [0.15, 0.2) is 0 Å². The smallest absolute Gasteiger partial charge is 0.330 e. The summed E-state index contributed by atoms with van der Waals surface area (Å²) in [6, 6.07) is 41.0. The van der Waals surface area contributed by atoms with Crippen LogP contribution in [0.25, 0.3) is 11.1 Å². The van der Waals surface area contributed by atoms with Crippen molar-refractivity contribution in [3.05, 3.63) is 188 Å². The van der Waals surface area contributed by atoms with Gasteiger partial charge in [0.2, 0.25) is 5.91 Å². The number of carbonyl (C=O) groups excluding carboxylic acids is 2. The van der Waals surface area contributed by atoms with Gasteiger partial charge in [0, 0.05) is 31.4 Å². The first kappa shape index (κ1) is 44.4. The minimum atomic E-state index is -1.17. The number of hydrogen-bond acceptors (Lipinski definition) is 10. The topological polar surface area (TPSA) is 167 Å². The van der Waals surface area contributed by atoms with Gasteiger partial charge in [0.05, 0.1) is 33.5 Å². The van der Waals surface area contributed by atoms with Gasteiger partial charge in [-0.2, -0.15) is 0 Å². The van der Waals surface area contributed by atoms with Crippen molar-refractivity contribution < 1.29 is 38.4 Å². The minimum absolute atomic E-state index is 0.0301. The van der Waals surface area contributed by atoms with Gasteiger partial charge >= 0.3 is 11.7 Å². The number of H-pyrrole nitrogens is 1. The van der Waals surface area contributed by atoms with E-state index in [4.69, 9.17) is 23.7 Å². The van der Waals surface area contributed by atoms with Crippen molar-refractivity contribution in [1.29, 1.82) is 0 Å². The summed E-state index contributed by atoms with van der Waals surface area (Å²) in [6.07, 6.45) is -1.09. The first-order chi connectivity index (χ1) is 31.7. The standard InChI is InChI=1S/C52H49N3O10/c1-61-38-25-21-36(22-26-38)52(35-13-4-3-5-14-35,37-23-27-39(62-2)28-24-37)64-33-46-45(56)30-48(65-46)55-31-34(50(59)54-51(55)60)12-11-29-53-47(57)19-10-20-49(58)63-32-44-42-17-8-6-15-40(42)41-16-7-9-18-43(41)44/h3-9,13-18,21-28,31,44-46,48,56H,10,19-20,29-30,32-33H2,1-2H3,(H,53,57)(H,54,59,60)/t45?,46-,48-/m1/s1. The highest BCUT2D eigenvalue weighted by molar-refractivity contribution is 5.79. The molecule has 1 amide bonds. The lowest BCUT2D eigenvalue weighted by Crippen LogP contribution is -2.38. The predicted octanol–water partition coefficient (Wildman–Crippen LogP) is 6.20. The number of aromatic nitrogens is 2. The Bertz CT molecular complexity index is 2720. The fourth-order valence-corrected chi connectivity index (χ4v) is 8.56. The molecule has 1 aliphatic carbocycles. The predicted molar refractivity (Wildman–Crippen MR) is 243 cm³/mol. The van der Waals surface area contributed by atoms with Crippen LogP contribution in [0.15, 0.2) is 143 Å². The number of hydrogen-bond donors (Lipinski definition) is 3. The summed E-state index contributed by atoms with van der Waals surface area (Å²) in [5.74, 6) is 6.08. The first-order valence-corrected chi connectivity index (χ1v) is 21.5. The average molecular weight is 876 g/mol. The molecule has 6 aromatic rings. The Hall–Kier alpha value is -7.24. The molecule has 0 radical (unpaired) electrons. The molecule has 1 saturated heterocycles. The molecule has 13 heteroatoms. The van der Waals surface area contributed by atoms with E-state index < -0.39 is 35.3 Å². The monoisotopic (exact) mass is 875 g/mol. The van der Waals surface area contributed by atoms with Crippen LogP contribution in [-0.2, 0) is 29.4 Å². The maximum Gasteiger partial charge on any atom is 0.330 e. The Morgan fingerprint density at radius 1 is 0.785 bits per heavy atom. The van der Waals surface area contributed by atoms with Crippen LogP contribution in [0.2, 0.25) is 0 Å². The molecule has 2 heterocycles. The summed E-state index contributed by atoms with van der Waals surface area (Å²) in [7, 11) is 3.19. The fourth-order valence-electron chi connectivity index (χ4n) is 8.56. The van der Waals surface area contributed by atoms with E-state index in [1.165, 1.54) is 10.8 Å². The van der Waals surface area contributed by atoms with Gasteiger partial charge in [0.1, 0.15) is 41.6 Å². The Balaban J connectivity index is 0.875. The zero-order valence-electron chi connectivity index (χ0n) is 36.0. The second-order valence-corrected chi connectivity index (χ2v) is 15.8. The molecular weight excluding hydrogens is 827 g/mol. The van der Waals surface area contributed by atoms with Gasteiger partial charge in [-0.25, -0.2) is 4.79 Å². The van der Waals surface area contributed by atoms with Crippen LogP contribution < -0.4 is 26.0 Å². The van der Waals surface area contributed by atoms with E-state index in [1.807, 2.05) is 103 Å². The summed E-state index contributed by atoms with van der Waals surface area (Å²) in [4.78, 5) is 53.4. The molecule has 1 aliphatic heterocycles. The number of nitrogens with zero attached hydrogens (tertiary/aromatic N) is 1. The molecule has 0 bridgehead atoms. The highest BCUT2D eigenvalue weighted by Crippen LogP contribution is 2.45. The molecule has 8 rings (SSSR count). The van der Waals surface area contributed by atoms with Gasteiger partial charge in [0.25, 0.3) is 5.56 Å². The summed E-state index contributed by atoms with van der Waals surface area (Å²) in [5.41, 5.74) is 4.31. The maximum absolute atomic E-state index is 13.1. The van der Waals surface area contributed by atoms with E-state index in [9.17, 15) is 24.3 Å². The lowest BCUT2D eigenvalue weighted by Gasteiger charge is -2.37. The third-order valence-corrected chi connectivity index (χ3v) is 11.9. The number of aliphatic hydroxyl groups is 1. The zero-order valence-corrected chi connectivity index (χ0v) is 36.0. The van der Waals surface area contributed by atoms with Crippen molar-refractivity contribution in [3.63, 3.8) is 0 Å². The van der Waals surface area contributed by atoms with Crippen molar-refractivity contribution in [2.75, 3.05) is 34.0 Å². The number of aromatic amines is 1.